The molecule has 0 saturated carbocycles. The first-order valence-electron chi connectivity index (χ1n) is 5.80. The predicted molar refractivity (Wildman–Crippen MR) is 86.6 cm³/mol. The maximum Gasteiger partial charge on any atom is 0.261 e. The molecule has 0 aromatic heterocycles. The van der Waals surface area contributed by atoms with Gasteiger partial charge in [-0.25, -0.2) is 8.42 Å². The smallest absolute Gasteiger partial charge is 0.261 e. The summed E-state index contributed by atoms with van der Waals surface area (Å²) in [5.74, 6) is 0. The molecule has 8 heteroatoms. The topological polar surface area (TPSA) is 72.2 Å². The number of rotatable bonds is 4. The van der Waals surface area contributed by atoms with Gasteiger partial charge in [0.05, 0.1) is 20.6 Å². The van der Waals surface area contributed by atoms with E-state index in [1.807, 2.05) is 0 Å². The summed E-state index contributed by atoms with van der Waals surface area (Å²) in [4.78, 5) is 0.0850. The van der Waals surface area contributed by atoms with Crippen LogP contribution < -0.4 is 10.5 Å². The molecule has 0 spiro atoms. The number of halogens is 3. The monoisotopic (exact) mass is 364 g/mol. The molecule has 2 rings (SSSR count). The molecule has 0 aliphatic carbocycles. The third-order valence-electron chi connectivity index (χ3n) is 2.71. The summed E-state index contributed by atoms with van der Waals surface area (Å²) in [7, 11) is -3.80. The fraction of sp³-hybridized carbons (Fsp3) is 0.0769. The zero-order chi connectivity index (χ0) is 15.6. The van der Waals surface area contributed by atoms with E-state index in [0.717, 1.165) is 5.56 Å². The van der Waals surface area contributed by atoms with Crippen molar-refractivity contribution in [2.24, 2.45) is 5.73 Å². The SMILES string of the molecule is NCc1ccc(S(=O)(=O)Nc2c(Cl)cc(Cl)cc2Cl)cc1. The van der Waals surface area contributed by atoms with Crippen LogP contribution in [-0.4, -0.2) is 8.42 Å². The Kier molecular flexibility index (Phi) is 5.01. The van der Waals surface area contributed by atoms with Crippen molar-refractivity contribution in [2.75, 3.05) is 4.72 Å². The van der Waals surface area contributed by atoms with Crippen LogP contribution in [0.3, 0.4) is 0 Å². The van der Waals surface area contributed by atoms with Crippen LogP contribution in [-0.2, 0) is 16.6 Å². The lowest BCUT2D eigenvalue weighted by molar-refractivity contribution is 0.601. The Bertz CT molecular complexity index is 738. The van der Waals surface area contributed by atoms with Crippen molar-refractivity contribution in [3.63, 3.8) is 0 Å². The maximum absolute atomic E-state index is 12.3. The van der Waals surface area contributed by atoms with Gasteiger partial charge in [0.1, 0.15) is 0 Å². The van der Waals surface area contributed by atoms with Gasteiger partial charge in [-0.2, -0.15) is 0 Å². The van der Waals surface area contributed by atoms with Gasteiger partial charge in [0, 0.05) is 11.6 Å². The van der Waals surface area contributed by atoms with Crippen LogP contribution >= 0.6 is 34.8 Å². The Balaban J connectivity index is 2.37. The average Bonchev–Trinajstić information content (AvgIpc) is 2.43. The molecule has 0 fully saturated rings. The lowest BCUT2D eigenvalue weighted by atomic mass is 10.2. The second-order valence-electron chi connectivity index (χ2n) is 4.20. The van der Waals surface area contributed by atoms with Crippen molar-refractivity contribution in [1.29, 1.82) is 0 Å². The average molecular weight is 366 g/mol. The summed E-state index contributed by atoms with van der Waals surface area (Å²) in [6, 6.07) is 9.01. The quantitative estimate of drug-likeness (QED) is 0.863. The van der Waals surface area contributed by atoms with Gasteiger partial charge in [0.2, 0.25) is 0 Å². The van der Waals surface area contributed by atoms with E-state index in [1.165, 1.54) is 24.3 Å². The first-order chi connectivity index (χ1) is 9.83. The highest BCUT2D eigenvalue weighted by molar-refractivity contribution is 7.92. The van der Waals surface area contributed by atoms with Crippen molar-refractivity contribution in [2.45, 2.75) is 11.4 Å². The van der Waals surface area contributed by atoms with Gasteiger partial charge < -0.3 is 5.73 Å². The molecular weight excluding hydrogens is 355 g/mol. The Morgan fingerprint density at radius 3 is 2.00 bits per heavy atom. The van der Waals surface area contributed by atoms with Gasteiger partial charge >= 0.3 is 0 Å². The number of anilines is 1. The molecule has 2 aromatic rings. The molecule has 0 amide bonds. The van der Waals surface area contributed by atoms with Crippen molar-refractivity contribution < 1.29 is 8.42 Å². The zero-order valence-corrected chi connectivity index (χ0v) is 13.7. The van der Waals surface area contributed by atoms with Gasteiger partial charge in [-0.1, -0.05) is 46.9 Å². The van der Waals surface area contributed by atoms with Crippen molar-refractivity contribution in [3.8, 4) is 0 Å². The molecule has 2 aromatic carbocycles. The van der Waals surface area contributed by atoms with Crippen LogP contribution in [0, 0.1) is 0 Å². The number of sulfonamides is 1. The van der Waals surface area contributed by atoms with Crippen LogP contribution in [0.5, 0.6) is 0 Å². The highest BCUT2D eigenvalue weighted by Crippen LogP contribution is 2.35. The van der Waals surface area contributed by atoms with Crippen LogP contribution in [0.25, 0.3) is 0 Å². The molecular formula is C13H11Cl3N2O2S. The van der Waals surface area contributed by atoms with E-state index in [1.54, 1.807) is 12.1 Å². The van der Waals surface area contributed by atoms with Gasteiger partial charge in [-0.05, 0) is 29.8 Å². The molecule has 0 bridgehead atoms. The van der Waals surface area contributed by atoms with E-state index in [9.17, 15) is 8.42 Å². The van der Waals surface area contributed by atoms with Crippen molar-refractivity contribution in [3.05, 3.63) is 57.0 Å². The highest BCUT2D eigenvalue weighted by atomic mass is 35.5. The molecule has 0 aliphatic rings. The highest BCUT2D eigenvalue weighted by Gasteiger charge is 2.18. The third-order valence-corrected chi connectivity index (χ3v) is 4.89. The second-order valence-corrected chi connectivity index (χ2v) is 7.13. The van der Waals surface area contributed by atoms with Gasteiger partial charge in [0.15, 0.2) is 0 Å². The first kappa shape index (κ1) is 16.4. The van der Waals surface area contributed by atoms with Crippen LogP contribution in [0.4, 0.5) is 5.69 Å². The van der Waals surface area contributed by atoms with Gasteiger partial charge in [-0.3, -0.25) is 4.72 Å². The molecule has 0 atom stereocenters. The van der Waals surface area contributed by atoms with Crippen LogP contribution in [0.15, 0.2) is 41.3 Å². The standard InChI is InChI=1S/C13H11Cl3N2O2S/c14-9-5-11(15)13(12(16)6-9)18-21(19,20)10-3-1-8(7-17)2-4-10/h1-6,18H,7,17H2. The number of nitrogens with one attached hydrogen (secondary N) is 1. The van der Waals surface area contributed by atoms with Gasteiger partial charge in [0.25, 0.3) is 10.0 Å². The van der Waals surface area contributed by atoms with Crippen LogP contribution in [0.1, 0.15) is 5.56 Å². The Labute approximate surface area is 137 Å². The minimum Gasteiger partial charge on any atom is -0.326 e. The number of benzene rings is 2. The molecule has 4 nitrogen and oxygen atoms in total. The molecule has 112 valence electrons. The predicted octanol–water partition coefficient (Wildman–Crippen LogP) is 3.91. The summed E-state index contributed by atoms with van der Waals surface area (Å²) in [5, 5.41) is 0.560. The first-order valence-corrected chi connectivity index (χ1v) is 8.41. The largest absolute Gasteiger partial charge is 0.326 e. The van der Waals surface area contributed by atoms with E-state index in [4.69, 9.17) is 40.5 Å². The van der Waals surface area contributed by atoms with E-state index in [2.05, 4.69) is 4.72 Å². The number of hydrogen-bond acceptors (Lipinski definition) is 3. The summed E-state index contributed by atoms with van der Waals surface area (Å²) in [6.07, 6.45) is 0. The second kappa shape index (κ2) is 6.42. The minimum absolute atomic E-state index is 0.0850. The number of nitrogens with two attached hydrogens (primary N) is 1. The van der Waals surface area contributed by atoms with E-state index >= 15 is 0 Å². The molecule has 3 N–H and O–H groups in total. The molecule has 0 aliphatic heterocycles. The lowest BCUT2D eigenvalue weighted by Gasteiger charge is -2.12. The normalized spacial score (nSPS) is 11.4. The Morgan fingerprint density at radius 1 is 1.00 bits per heavy atom. The zero-order valence-electron chi connectivity index (χ0n) is 10.6. The summed E-state index contributed by atoms with van der Waals surface area (Å²) in [6.45, 7) is 0.336. The lowest BCUT2D eigenvalue weighted by Crippen LogP contribution is -2.13. The maximum atomic E-state index is 12.3. The Hall–Kier alpha value is -0.980. The Morgan fingerprint density at radius 2 is 1.52 bits per heavy atom. The van der Waals surface area contributed by atoms with E-state index in [0.29, 0.717) is 11.6 Å². The van der Waals surface area contributed by atoms with Crippen molar-refractivity contribution >= 4 is 50.5 Å². The van der Waals surface area contributed by atoms with E-state index < -0.39 is 10.0 Å². The fourth-order valence-electron chi connectivity index (χ4n) is 1.64. The summed E-state index contributed by atoms with van der Waals surface area (Å²) in [5.41, 5.74) is 6.39. The van der Waals surface area contributed by atoms with Gasteiger partial charge in [-0.15, -0.1) is 0 Å². The van der Waals surface area contributed by atoms with Crippen molar-refractivity contribution in [1.82, 2.24) is 0 Å². The molecule has 0 unspecified atom stereocenters. The molecule has 0 heterocycles. The molecule has 0 radical (unpaired) electrons. The van der Waals surface area contributed by atoms with E-state index in [-0.39, 0.29) is 20.6 Å². The summed E-state index contributed by atoms with van der Waals surface area (Å²) >= 11 is 17.7. The number of hydrogen-bond donors (Lipinski definition) is 2. The van der Waals surface area contributed by atoms with Crippen LogP contribution in [0.2, 0.25) is 15.1 Å². The summed E-state index contributed by atoms with van der Waals surface area (Å²) < 4.78 is 27.0. The molecule has 0 saturated heterocycles. The molecule has 21 heavy (non-hydrogen) atoms. The fourth-order valence-corrected chi connectivity index (χ4v) is 3.76. The minimum atomic E-state index is -3.80. The third kappa shape index (κ3) is 3.81.